The summed E-state index contributed by atoms with van der Waals surface area (Å²) in [5, 5.41) is 13.8. The molecule has 1 aliphatic heterocycles. The molecule has 1 saturated heterocycles. The van der Waals surface area contributed by atoms with Crippen LogP contribution in [0, 0.1) is 14.2 Å². The minimum Gasteiger partial charge on any atom is -0.333 e. The van der Waals surface area contributed by atoms with Gasteiger partial charge in [-0.3, -0.25) is 4.79 Å². The molecule has 1 N–H and O–H groups in total. The Balaban J connectivity index is 2.10. The Morgan fingerprint density at radius 3 is 3.00 bits per heavy atom. The Hall–Kier alpha value is -0.260. The van der Waals surface area contributed by atoms with Crippen LogP contribution in [0.3, 0.4) is 0 Å². The Morgan fingerprint density at radius 2 is 2.50 bits per heavy atom. The standard InChI is InChI=1S/C10H9IN2OS2/c11-8-3-7(4-16-8)9(14)13-10(5-12)1-2-15-6-10/h3-4H,1-2,6H2,(H,13,14). The predicted molar refractivity (Wildman–Crippen MR) is 74.8 cm³/mol. The molecule has 1 aromatic rings. The average molecular weight is 364 g/mol. The van der Waals surface area contributed by atoms with E-state index >= 15 is 0 Å². The van der Waals surface area contributed by atoms with Crippen molar-refractivity contribution in [3.8, 4) is 6.07 Å². The molecule has 6 heteroatoms. The predicted octanol–water partition coefficient (Wildman–Crippen LogP) is 2.48. The monoisotopic (exact) mass is 364 g/mol. The number of hydrogen-bond acceptors (Lipinski definition) is 4. The number of amides is 1. The van der Waals surface area contributed by atoms with Crippen molar-refractivity contribution in [1.82, 2.24) is 5.32 Å². The molecule has 1 aromatic heterocycles. The fourth-order valence-electron chi connectivity index (χ4n) is 1.50. The van der Waals surface area contributed by atoms with Crippen LogP contribution in [0.4, 0.5) is 0 Å². The fraction of sp³-hybridized carbons (Fsp3) is 0.400. The summed E-state index contributed by atoms with van der Waals surface area (Å²) < 4.78 is 1.08. The van der Waals surface area contributed by atoms with Gasteiger partial charge in [-0.1, -0.05) is 0 Å². The minimum atomic E-state index is -0.658. The molecule has 0 aliphatic carbocycles. The van der Waals surface area contributed by atoms with Crippen LogP contribution in [0.25, 0.3) is 0 Å². The van der Waals surface area contributed by atoms with E-state index in [1.807, 2.05) is 11.4 Å². The zero-order valence-corrected chi connectivity index (χ0v) is 12.1. The van der Waals surface area contributed by atoms with Crippen LogP contribution in [0.15, 0.2) is 11.4 Å². The first-order valence-corrected chi connectivity index (χ1v) is 7.82. The molecule has 3 nitrogen and oxygen atoms in total. The molecule has 1 aliphatic rings. The quantitative estimate of drug-likeness (QED) is 0.821. The second-order valence-corrected chi connectivity index (χ2v) is 7.50. The number of nitrogens with zero attached hydrogens (tertiary/aromatic N) is 1. The molecule has 0 radical (unpaired) electrons. The number of carbonyl (C=O) groups excluding carboxylic acids is 1. The third kappa shape index (κ3) is 2.52. The van der Waals surface area contributed by atoms with E-state index in [1.54, 1.807) is 11.8 Å². The van der Waals surface area contributed by atoms with E-state index in [4.69, 9.17) is 5.26 Å². The Labute approximate surface area is 116 Å². The van der Waals surface area contributed by atoms with E-state index in [9.17, 15) is 4.79 Å². The van der Waals surface area contributed by atoms with Gasteiger partial charge in [-0.25, -0.2) is 0 Å². The van der Waals surface area contributed by atoms with Crippen LogP contribution < -0.4 is 5.32 Å². The molecule has 1 unspecified atom stereocenters. The summed E-state index contributed by atoms with van der Waals surface area (Å²) in [6.07, 6.45) is 0.737. The van der Waals surface area contributed by atoms with Gasteiger partial charge in [0.05, 0.1) is 14.5 Å². The molecular formula is C10H9IN2OS2. The van der Waals surface area contributed by atoms with Gasteiger partial charge in [0.2, 0.25) is 0 Å². The van der Waals surface area contributed by atoms with Gasteiger partial charge in [-0.2, -0.15) is 17.0 Å². The van der Waals surface area contributed by atoms with Crippen LogP contribution in [0.1, 0.15) is 16.8 Å². The van der Waals surface area contributed by atoms with Crippen molar-refractivity contribution in [1.29, 1.82) is 5.26 Å². The zero-order valence-electron chi connectivity index (χ0n) is 8.33. The number of carbonyl (C=O) groups is 1. The number of hydrogen-bond donors (Lipinski definition) is 1. The van der Waals surface area contributed by atoms with Crippen LogP contribution in [0.2, 0.25) is 0 Å². The number of rotatable bonds is 2. The summed E-state index contributed by atoms with van der Waals surface area (Å²) in [6, 6.07) is 4.07. The van der Waals surface area contributed by atoms with Gasteiger partial charge >= 0.3 is 0 Å². The first-order chi connectivity index (χ1) is 7.65. The second kappa shape index (κ2) is 4.94. The maximum Gasteiger partial charge on any atom is 0.253 e. The van der Waals surface area contributed by atoms with Crippen molar-refractivity contribution >= 4 is 51.6 Å². The van der Waals surface area contributed by atoms with Crippen LogP contribution in [-0.2, 0) is 0 Å². The third-order valence-electron chi connectivity index (χ3n) is 2.42. The molecule has 0 aromatic carbocycles. The number of thiophene rings is 1. The van der Waals surface area contributed by atoms with Gasteiger partial charge < -0.3 is 5.32 Å². The van der Waals surface area contributed by atoms with Gasteiger partial charge in [0.15, 0.2) is 0 Å². The van der Waals surface area contributed by atoms with E-state index in [-0.39, 0.29) is 5.91 Å². The van der Waals surface area contributed by atoms with E-state index in [0.29, 0.717) is 11.3 Å². The SMILES string of the molecule is N#CC1(NC(=O)c2csc(I)c2)CCSC1. The summed E-state index contributed by atoms with van der Waals surface area (Å²) in [5.74, 6) is 1.49. The van der Waals surface area contributed by atoms with Crippen LogP contribution in [-0.4, -0.2) is 23.0 Å². The average Bonchev–Trinajstić information content (AvgIpc) is 2.88. The van der Waals surface area contributed by atoms with Crippen molar-refractivity contribution in [2.75, 3.05) is 11.5 Å². The molecule has 2 rings (SSSR count). The number of thioether (sulfide) groups is 1. The summed E-state index contributed by atoms with van der Waals surface area (Å²) in [4.78, 5) is 11.9. The van der Waals surface area contributed by atoms with Gasteiger partial charge in [0.25, 0.3) is 5.91 Å². The molecule has 0 bridgehead atoms. The van der Waals surface area contributed by atoms with Crippen LogP contribution in [0.5, 0.6) is 0 Å². The van der Waals surface area contributed by atoms with Crippen molar-refractivity contribution in [2.24, 2.45) is 0 Å². The summed E-state index contributed by atoms with van der Waals surface area (Å²) >= 11 is 5.43. The molecular weight excluding hydrogens is 355 g/mol. The number of nitrogens with one attached hydrogen (secondary N) is 1. The lowest BCUT2D eigenvalue weighted by molar-refractivity contribution is 0.0926. The second-order valence-electron chi connectivity index (χ2n) is 3.59. The van der Waals surface area contributed by atoms with Gasteiger partial charge in [-0.15, -0.1) is 11.3 Å². The molecule has 84 valence electrons. The normalized spacial score (nSPS) is 24.0. The van der Waals surface area contributed by atoms with Crippen molar-refractivity contribution < 1.29 is 4.79 Å². The third-order valence-corrected chi connectivity index (χ3v) is 5.40. The Kier molecular flexibility index (Phi) is 3.77. The smallest absolute Gasteiger partial charge is 0.253 e. The molecule has 0 spiro atoms. The highest BCUT2D eigenvalue weighted by Gasteiger charge is 2.36. The lowest BCUT2D eigenvalue weighted by atomic mass is 10.0. The van der Waals surface area contributed by atoms with Gasteiger partial charge in [0, 0.05) is 11.1 Å². The highest BCUT2D eigenvalue weighted by atomic mass is 127. The topological polar surface area (TPSA) is 52.9 Å². The highest BCUT2D eigenvalue weighted by molar-refractivity contribution is 14.1. The molecule has 0 saturated carbocycles. The van der Waals surface area contributed by atoms with Crippen molar-refractivity contribution in [2.45, 2.75) is 12.0 Å². The first kappa shape index (κ1) is 12.2. The summed E-state index contributed by atoms with van der Waals surface area (Å²) in [7, 11) is 0. The highest BCUT2D eigenvalue weighted by Crippen LogP contribution is 2.28. The van der Waals surface area contributed by atoms with E-state index < -0.39 is 5.54 Å². The van der Waals surface area contributed by atoms with Crippen molar-refractivity contribution in [3.63, 3.8) is 0 Å². The van der Waals surface area contributed by atoms with E-state index in [0.717, 1.165) is 15.1 Å². The molecule has 16 heavy (non-hydrogen) atoms. The Bertz CT molecular complexity index is 446. The fourth-order valence-corrected chi connectivity index (χ4v) is 4.09. The number of nitriles is 1. The molecule has 1 atom stereocenters. The van der Waals surface area contributed by atoms with Crippen LogP contribution >= 0.6 is 45.7 Å². The van der Waals surface area contributed by atoms with Crippen molar-refractivity contribution in [3.05, 3.63) is 19.9 Å². The lowest BCUT2D eigenvalue weighted by Gasteiger charge is -2.20. The lowest BCUT2D eigenvalue weighted by Crippen LogP contribution is -2.47. The summed E-state index contributed by atoms with van der Waals surface area (Å²) in [5.41, 5.74) is -0.00398. The molecule has 1 amide bonds. The van der Waals surface area contributed by atoms with E-state index in [2.05, 4.69) is 34.0 Å². The maximum absolute atomic E-state index is 11.9. The van der Waals surface area contributed by atoms with Gasteiger partial charge in [-0.05, 0) is 40.8 Å². The van der Waals surface area contributed by atoms with Gasteiger partial charge in [0.1, 0.15) is 5.54 Å². The Morgan fingerprint density at radius 1 is 1.69 bits per heavy atom. The first-order valence-electron chi connectivity index (χ1n) is 4.71. The largest absolute Gasteiger partial charge is 0.333 e. The zero-order chi connectivity index (χ0) is 11.6. The molecule has 2 heterocycles. The minimum absolute atomic E-state index is 0.136. The van der Waals surface area contributed by atoms with E-state index in [1.165, 1.54) is 11.3 Å². The maximum atomic E-state index is 11.9. The summed E-state index contributed by atoms with van der Waals surface area (Å²) in [6.45, 7) is 0. The molecule has 1 fully saturated rings. The number of halogens is 1.